The molecule has 306 valence electrons. The number of carbonyl (C=O) groups is 4. The van der Waals surface area contributed by atoms with E-state index in [-0.39, 0.29) is 61.0 Å². The van der Waals surface area contributed by atoms with Crippen molar-refractivity contribution in [1.82, 2.24) is 14.2 Å². The smallest absolute Gasteiger partial charge is 0.306 e. The molecule has 12 nitrogen and oxygen atoms in total. The number of Topliss-reactive ketones (excluding diaryl/α,β-unsaturated/α-hetero) is 1. The largest absolute Gasteiger partial charge is 0.473 e. The van der Waals surface area contributed by atoms with Gasteiger partial charge in [-0.05, 0) is 80.1 Å². The van der Waals surface area contributed by atoms with Gasteiger partial charge in [-0.15, -0.1) is 0 Å². The Bertz CT molecular complexity index is 2020. The van der Waals surface area contributed by atoms with Gasteiger partial charge in [-0.25, -0.2) is 8.42 Å². The lowest BCUT2D eigenvalue weighted by Crippen LogP contribution is -2.48. The van der Waals surface area contributed by atoms with Gasteiger partial charge in [0.25, 0.3) is 5.56 Å². The third-order valence-corrected chi connectivity index (χ3v) is 15.2. The van der Waals surface area contributed by atoms with Crippen LogP contribution in [0.5, 0.6) is 5.88 Å². The maximum Gasteiger partial charge on any atom is 0.306 e. The Balaban J connectivity index is 1.23. The quantitative estimate of drug-likeness (QED) is 0.329. The van der Waals surface area contributed by atoms with Crippen molar-refractivity contribution >= 4 is 44.4 Å². The molecule has 5 aliphatic rings. The molecule has 13 heteroatoms. The fourth-order valence-corrected chi connectivity index (χ4v) is 11.0. The van der Waals surface area contributed by atoms with E-state index in [1.807, 2.05) is 52.0 Å². The first-order valence-corrected chi connectivity index (χ1v) is 22.5. The molecule has 0 radical (unpaired) electrons. The Morgan fingerprint density at radius 1 is 0.946 bits per heavy atom. The van der Waals surface area contributed by atoms with E-state index in [9.17, 15) is 32.4 Å². The minimum atomic E-state index is -3.83. The molecule has 7 atom stereocenters. The van der Waals surface area contributed by atoms with Crippen LogP contribution in [0.3, 0.4) is 0 Å². The SMILES string of the molecule is CC[C@@H]1C[C@]1(CC(=O)[C@@H]1C[C@@H]2CN1C(=O)[C@H](C(C)(C)C)CC(=O)O[C@H]1CCC[C@@H]1CCCCCCn1c(cc3ccccc3c1=O)O2)C(=O)NS(=O)(=O)C1CC1. The third-order valence-electron chi connectivity index (χ3n) is 13.3. The lowest BCUT2D eigenvalue weighted by Gasteiger charge is -2.35. The van der Waals surface area contributed by atoms with E-state index in [0.29, 0.717) is 43.5 Å². The van der Waals surface area contributed by atoms with Gasteiger partial charge < -0.3 is 14.4 Å². The molecule has 3 saturated carbocycles. The highest BCUT2D eigenvalue weighted by Gasteiger charge is 2.62. The number of hydrogen-bond donors (Lipinski definition) is 1. The van der Waals surface area contributed by atoms with E-state index < -0.39 is 56.0 Å². The molecule has 4 fully saturated rings. The zero-order valence-electron chi connectivity index (χ0n) is 33.4. The van der Waals surface area contributed by atoms with Crippen LogP contribution in [-0.4, -0.2) is 71.5 Å². The van der Waals surface area contributed by atoms with Crippen molar-refractivity contribution in [2.45, 2.75) is 154 Å². The van der Waals surface area contributed by atoms with Crippen LogP contribution in [0.15, 0.2) is 35.1 Å². The van der Waals surface area contributed by atoms with Gasteiger partial charge in [-0.2, -0.15) is 0 Å². The van der Waals surface area contributed by atoms with Crippen molar-refractivity contribution in [3.8, 4) is 5.88 Å². The normalized spacial score (nSPS) is 30.6. The summed E-state index contributed by atoms with van der Waals surface area (Å²) in [6.45, 7) is 8.12. The molecule has 1 aromatic heterocycles. The summed E-state index contributed by atoms with van der Waals surface area (Å²) in [6, 6.07) is 8.24. The van der Waals surface area contributed by atoms with Gasteiger partial charge >= 0.3 is 5.97 Å². The maximum absolute atomic E-state index is 14.9. The van der Waals surface area contributed by atoms with E-state index in [2.05, 4.69) is 4.72 Å². The summed E-state index contributed by atoms with van der Waals surface area (Å²) in [5.41, 5.74) is -2.01. The fourth-order valence-electron chi connectivity index (χ4n) is 9.66. The Morgan fingerprint density at radius 2 is 1.68 bits per heavy atom. The van der Waals surface area contributed by atoms with Gasteiger partial charge in [0.2, 0.25) is 21.8 Å². The number of carbonyl (C=O) groups excluding carboxylic acids is 4. The summed E-state index contributed by atoms with van der Waals surface area (Å²) >= 11 is 0. The first-order valence-electron chi connectivity index (χ1n) is 21.0. The van der Waals surface area contributed by atoms with Crippen molar-refractivity contribution in [1.29, 1.82) is 0 Å². The molecule has 1 aromatic carbocycles. The second-order valence-corrected chi connectivity index (χ2v) is 20.3. The first-order chi connectivity index (χ1) is 26.6. The molecule has 2 aliphatic heterocycles. The number of amides is 2. The van der Waals surface area contributed by atoms with Crippen molar-refractivity contribution < 1.29 is 37.1 Å². The number of nitrogens with one attached hydrogen (secondary N) is 1. The molecule has 0 unspecified atom stereocenters. The molecule has 3 heterocycles. The van der Waals surface area contributed by atoms with Crippen molar-refractivity contribution in [3.63, 3.8) is 0 Å². The second kappa shape index (κ2) is 15.9. The van der Waals surface area contributed by atoms with Crippen LogP contribution < -0.4 is 15.0 Å². The molecule has 1 saturated heterocycles. The van der Waals surface area contributed by atoms with Crippen molar-refractivity contribution in [3.05, 3.63) is 40.7 Å². The molecule has 2 aromatic rings. The van der Waals surface area contributed by atoms with Crippen molar-refractivity contribution in [2.24, 2.45) is 28.6 Å². The van der Waals surface area contributed by atoms with Crippen LogP contribution in [0.1, 0.15) is 124 Å². The average Bonchev–Trinajstić information content (AvgIpc) is 4.04. The minimum Gasteiger partial charge on any atom is -0.473 e. The average molecular weight is 794 g/mol. The molecule has 2 bridgehead atoms. The molecule has 1 N–H and O–H groups in total. The summed E-state index contributed by atoms with van der Waals surface area (Å²) < 4.78 is 42.4. The number of sulfonamides is 1. The number of nitrogens with zero attached hydrogens (tertiary/aromatic N) is 2. The zero-order valence-corrected chi connectivity index (χ0v) is 34.2. The number of benzene rings is 1. The lowest BCUT2D eigenvalue weighted by molar-refractivity contribution is -0.158. The Hall–Kier alpha value is -3.74. The number of ketones is 1. The molecular weight excluding hydrogens is 735 g/mol. The van der Waals surface area contributed by atoms with Gasteiger partial charge in [0.1, 0.15) is 12.2 Å². The summed E-state index contributed by atoms with van der Waals surface area (Å²) in [4.78, 5) is 72.3. The second-order valence-electron chi connectivity index (χ2n) is 18.3. The number of fused-ring (bicyclic) bond motifs is 5. The highest BCUT2D eigenvalue weighted by Crippen LogP contribution is 2.58. The van der Waals surface area contributed by atoms with Gasteiger partial charge in [-0.3, -0.25) is 33.3 Å². The van der Waals surface area contributed by atoms with Gasteiger partial charge in [-0.1, -0.05) is 71.6 Å². The molecule has 56 heavy (non-hydrogen) atoms. The molecular formula is C43H59N3O9S. The number of esters is 1. The summed E-state index contributed by atoms with van der Waals surface area (Å²) in [5.74, 6) is -2.12. The van der Waals surface area contributed by atoms with E-state index in [1.165, 1.54) is 4.90 Å². The Labute approximate surface area is 330 Å². The van der Waals surface area contributed by atoms with Crippen LogP contribution in [0.2, 0.25) is 0 Å². The standard InChI is InChI=1S/C43H59N3O9S/c1-5-29-24-43(29,41(51)44-56(52,53)31-18-19-31)25-35(47)34-22-30-26-46(34)40(50)33(42(2,3)4)23-38(48)55-36-17-12-15-27(36)13-8-6-7-11-20-45-37(54-30)21-28-14-9-10-16-32(28)39(45)49/h9-10,14,16,21,27,29-31,33-34,36H,5-8,11-13,15,17-20,22-26H2,1-4H3,(H,44,51)/t27-,29+,30+,33+,34-,36-,43+/m0/s1. The number of ether oxygens (including phenoxy) is 2. The Kier molecular flexibility index (Phi) is 11.5. The lowest BCUT2D eigenvalue weighted by atomic mass is 9.77. The number of rotatable bonds is 7. The van der Waals surface area contributed by atoms with E-state index >= 15 is 0 Å². The summed E-state index contributed by atoms with van der Waals surface area (Å²) in [5, 5.41) is 0.725. The predicted octanol–water partition coefficient (Wildman–Crippen LogP) is 6.06. The van der Waals surface area contributed by atoms with E-state index in [4.69, 9.17) is 9.47 Å². The van der Waals surface area contributed by atoms with Crippen LogP contribution in [0.4, 0.5) is 0 Å². The topological polar surface area (TPSA) is 158 Å². The van der Waals surface area contributed by atoms with Gasteiger partial charge in [0, 0.05) is 30.8 Å². The van der Waals surface area contributed by atoms with Crippen LogP contribution >= 0.6 is 0 Å². The monoisotopic (exact) mass is 793 g/mol. The molecule has 2 amide bonds. The van der Waals surface area contributed by atoms with Crippen LogP contribution in [0, 0.1) is 28.6 Å². The molecule has 3 aliphatic carbocycles. The number of hydrogen-bond acceptors (Lipinski definition) is 9. The summed E-state index contributed by atoms with van der Waals surface area (Å²) in [7, 11) is -3.83. The van der Waals surface area contributed by atoms with Crippen molar-refractivity contribution in [2.75, 3.05) is 6.54 Å². The van der Waals surface area contributed by atoms with Gasteiger partial charge in [0.15, 0.2) is 11.7 Å². The van der Waals surface area contributed by atoms with Gasteiger partial charge in [0.05, 0.1) is 35.6 Å². The number of aromatic nitrogens is 1. The third kappa shape index (κ3) is 8.43. The highest BCUT2D eigenvalue weighted by molar-refractivity contribution is 7.90. The predicted molar refractivity (Wildman–Crippen MR) is 211 cm³/mol. The highest BCUT2D eigenvalue weighted by atomic mass is 32.2. The number of pyridine rings is 1. The maximum atomic E-state index is 14.9. The minimum absolute atomic E-state index is 0.0368. The first kappa shape index (κ1) is 40.5. The zero-order chi connectivity index (χ0) is 40.0. The summed E-state index contributed by atoms with van der Waals surface area (Å²) in [6.07, 6.45) is 8.29. The fraction of sp³-hybridized carbons (Fsp3) is 0.698. The molecule has 7 rings (SSSR count). The van der Waals surface area contributed by atoms with Crippen LogP contribution in [0.25, 0.3) is 10.8 Å². The van der Waals surface area contributed by atoms with E-state index in [0.717, 1.165) is 56.8 Å². The van der Waals surface area contributed by atoms with Crippen LogP contribution in [-0.2, 0) is 40.5 Å². The Morgan fingerprint density at radius 3 is 2.39 bits per heavy atom. The molecule has 0 spiro atoms. The van der Waals surface area contributed by atoms with E-state index in [1.54, 1.807) is 10.6 Å².